The number of halogens is 1. The summed E-state index contributed by atoms with van der Waals surface area (Å²) in [6, 6.07) is 9.54. The number of methoxy groups -OCH3 is 1. The molecule has 0 amide bonds. The maximum absolute atomic E-state index is 9.31. The summed E-state index contributed by atoms with van der Waals surface area (Å²) in [6.45, 7) is 6.01. The van der Waals surface area contributed by atoms with Gasteiger partial charge in [0.1, 0.15) is 17.4 Å². The highest BCUT2D eigenvalue weighted by atomic mass is 35.5. The van der Waals surface area contributed by atoms with Crippen molar-refractivity contribution in [1.82, 2.24) is 9.78 Å². The molecule has 0 aliphatic carbocycles. The van der Waals surface area contributed by atoms with Gasteiger partial charge in [0, 0.05) is 11.5 Å². The molecule has 1 aromatic carbocycles. The van der Waals surface area contributed by atoms with Crippen LogP contribution in [0.4, 0.5) is 0 Å². The van der Waals surface area contributed by atoms with Crippen LogP contribution >= 0.6 is 11.6 Å². The predicted molar refractivity (Wildman–Crippen MR) is 78.5 cm³/mol. The van der Waals surface area contributed by atoms with Crippen molar-refractivity contribution < 1.29 is 4.74 Å². The van der Waals surface area contributed by atoms with Crippen molar-refractivity contribution in [1.29, 1.82) is 5.26 Å². The number of nitrogens with zero attached hydrogens (tertiary/aromatic N) is 3. The third-order valence-electron chi connectivity index (χ3n) is 2.95. The van der Waals surface area contributed by atoms with Gasteiger partial charge < -0.3 is 4.74 Å². The Bertz CT molecular complexity index is 677. The fourth-order valence-electron chi connectivity index (χ4n) is 1.93. The van der Waals surface area contributed by atoms with Crippen LogP contribution in [-0.4, -0.2) is 16.9 Å². The molecule has 0 bridgehead atoms. The quantitative estimate of drug-likeness (QED) is 0.847. The molecule has 2 rings (SSSR count). The third-order valence-corrected chi connectivity index (χ3v) is 3.30. The van der Waals surface area contributed by atoms with E-state index in [0.717, 1.165) is 5.69 Å². The number of nitriles is 1. The van der Waals surface area contributed by atoms with Crippen molar-refractivity contribution in [2.45, 2.75) is 26.2 Å². The minimum absolute atomic E-state index is 0.251. The molecule has 20 heavy (non-hydrogen) atoms. The van der Waals surface area contributed by atoms with Gasteiger partial charge in [0.25, 0.3) is 0 Å². The van der Waals surface area contributed by atoms with E-state index in [0.29, 0.717) is 22.2 Å². The number of aromatic nitrogens is 2. The fourth-order valence-corrected chi connectivity index (χ4v) is 2.20. The minimum Gasteiger partial charge on any atom is -0.497 e. The van der Waals surface area contributed by atoms with Crippen molar-refractivity contribution >= 4 is 11.6 Å². The van der Waals surface area contributed by atoms with Crippen molar-refractivity contribution in [3.05, 3.63) is 40.7 Å². The molecule has 4 nitrogen and oxygen atoms in total. The monoisotopic (exact) mass is 289 g/mol. The highest BCUT2D eigenvalue weighted by Gasteiger charge is 2.26. The Morgan fingerprint density at radius 1 is 1.35 bits per heavy atom. The van der Waals surface area contributed by atoms with E-state index in [4.69, 9.17) is 16.3 Å². The standard InChI is InChI=1S/C15H16ClN3O/c1-15(2,3)13-12(9-17)14(16)19(18-13)10-6-5-7-11(8-10)20-4/h5-8H,1-4H3. The van der Waals surface area contributed by atoms with Crippen LogP contribution in [0.1, 0.15) is 32.0 Å². The van der Waals surface area contributed by atoms with Crippen molar-refractivity contribution in [2.24, 2.45) is 0 Å². The normalized spacial score (nSPS) is 11.2. The first-order valence-electron chi connectivity index (χ1n) is 6.22. The van der Waals surface area contributed by atoms with Crippen LogP contribution in [-0.2, 0) is 5.41 Å². The summed E-state index contributed by atoms with van der Waals surface area (Å²) in [5.74, 6) is 0.713. The lowest BCUT2D eigenvalue weighted by Gasteiger charge is -2.15. The van der Waals surface area contributed by atoms with Crippen molar-refractivity contribution in [3.63, 3.8) is 0 Å². The van der Waals surface area contributed by atoms with E-state index in [2.05, 4.69) is 11.2 Å². The highest BCUT2D eigenvalue weighted by molar-refractivity contribution is 6.31. The van der Waals surface area contributed by atoms with Crippen LogP contribution in [0.25, 0.3) is 5.69 Å². The van der Waals surface area contributed by atoms with Crippen LogP contribution < -0.4 is 4.74 Å². The summed E-state index contributed by atoms with van der Waals surface area (Å²) < 4.78 is 6.77. The largest absolute Gasteiger partial charge is 0.497 e. The Kier molecular flexibility index (Phi) is 3.74. The molecule has 0 atom stereocenters. The molecule has 0 saturated heterocycles. The number of hydrogen-bond acceptors (Lipinski definition) is 3. The van der Waals surface area contributed by atoms with Gasteiger partial charge in [-0.3, -0.25) is 0 Å². The second-order valence-corrected chi connectivity index (χ2v) is 5.85. The second kappa shape index (κ2) is 5.18. The smallest absolute Gasteiger partial charge is 0.150 e. The molecule has 0 spiro atoms. The van der Waals surface area contributed by atoms with Crippen LogP contribution in [0, 0.1) is 11.3 Å². The van der Waals surface area contributed by atoms with Crippen LogP contribution in [0.5, 0.6) is 5.75 Å². The molecule has 104 valence electrons. The van der Waals surface area contributed by atoms with Crippen LogP contribution in [0.15, 0.2) is 24.3 Å². The van der Waals surface area contributed by atoms with E-state index in [1.165, 1.54) is 0 Å². The van der Waals surface area contributed by atoms with Gasteiger partial charge >= 0.3 is 0 Å². The molecule has 5 heteroatoms. The molecule has 0 N–H and O–H groups in total. The van der Waals surface area contributed by atoms with Gasteiger partial charge in [0.05, 0.1) is 18.5 Å². The summed E-state index contributed by atoms with van der Waals surface area (Å²) in [7, 11) is 1.60. The number of ether oxygens (including phenoxy) is 1. The zero-order chi connectivity index (χ0) is 14.9. The maximum atomic E-state index is 9.31. The second-order valence-electron chi connectivity index (χ2n) is 5.49. The van der Waals surface area contributed by atoms with Crippen LogP contribution in [0.2, 0.25) is 5.15 Å². The maximum Gasteiger partial charge on any atom is 0.150 e. The van der Waals surface area contributed by atoms with E-state index in [9.17, 15) is 5.26 Å². The molecular formula is C15H16ClN3O. The lowest BCUT2D eigenvalue weighted by molar-refractivity contribution is 0.414. The summed E-state index contributed by atoms with van der Waals surface area (Å²) in [4.78, 5) is 0. The SMILES string of the molecule is COc1cccc(-n2nc(C(C)(C)C)c(C#N)c2Cl)c1. The van der Waals surface area contributed by atoms with Gasteiger partial charge in [-0.2, -0.15) is 10.4 Å². The Labute approximate surface area is 123 Å². The fraction of sp³-hybridized carbons (Fsp3) is 0.333. The van der Waals surface area contributed by atoms with E-state index >= 15 is 0 Å². The topological polar surface area (TPSA) is 50.8 Å². The molecule has 1 aromatic heterocycles. The Hall–Kier alpha value is -1.99. The number of hydrogen-bond donors (Lipinski definition) is 0. The van der Waals surface area contributed by atoms with Gasteiger partial charge in [-0.05, 0) is 12.1 Å². The predicted octanol–water partition coefficient (Wildman–Crippen LogP) is 3.70. The molecule has 0 aliphatic rings. The number of rotatable bonds is 2. The first kappa shape index (κ1) is 14.4. The molecule has 0 radical (unpaired) electrons. The molecule has 0 unspecified atom stereocenters. The van der Waals surface area contributed by atoms with Gasteiger partial charge in [0.15, 0.2) is 5.15 Å². The first-order valence-corrected chi connectivity index (χ1v) is 6.60. The summed E-state index contributed by atoms with van der Waals surface area (Å²) in [5.41, 5.74) is 1.62. The Morgan fingerprint density at radius 3 is 2.55 bits per heavy atom. The average Bonchev–Trinajstić information content (AvgIpc) is 2.75. The minimum atomic E-state index is -0.251. The zero-order valence-electron chi connectivity index (χ0n) is 11.9. The van der Waals surface area contributed by atoms with Crippen LogP contribution in [0.3, 0.4) is 0 Å². The van der Waals surface area contributed by atoms with Crippen molar-refractivity contribution in [2.75, 3.05) is 7.11 Å². The van der Waals surface area contributed by atoms with E-state index < -0.39 is 0 Å². The first-order chi connectivity index (χ1) is 9.38. The molecule has 0 saturated carbocycles. The lowest BCUT2D eigenvalue weighted by atomic mass is 9.90. The molecule has 0 fully saturated rings. The zero-order valence-corrected chi connectivity index (χ0v) is 12.7. The summed E-state index contributed by atoms with van der Waals surface area (Å²) in [5, 5.41) is 14.1. The van der Waals surface area contributed by atoms with Gasteiger partial charge in [-0.15, -0.1) is 0 Å². The molecule has 0 aliphatic heterocycles. The average molecular weight is 290 g/mol. The van der Waals surface area contributed by atoms with Crippen molar-refractivity contribution in [3.8, 4) is 17.5 Å². The molecule has 1 heterocycles. The lowest BCUT2D eigenvalue weighted by Crippen LogP contribution is -2.14. The van der Waals surface area contributed by atoms with Gasteiger partial charge in [-0.1, -0.05) is 38.4 Å². The number of benzene rings is 1. The van der Waals surface area contributed by atoms with E-state index in [-0.39, 0.29) is 5.41 Å². The summed E-state index contributed by atoms with van der Waals surface area (Å²) in [6.07, 6.45) is 0. The molecular weight excluding hydrogens is 274 g/mol. The summed E-state index contributed by atoms with van der Waals surface area (Å²) >= 11 is 6.30. The van der Waals surface area contributed by atoms with Gasteiger partial charge in [0.2, 0.25) is 0 Å². The molecule has 2 aromatic rings. The highest BCUT2D eigenvalue weighted by Crippen LogP contribution is 2.31. The Morgan fingerprint density at radius 2 is 2.05 bits per heavy atom. The van der Waals surface area contributed by atoms with E-state index in [1.54, 1.807) is 11.8 Å². The van der Waals surface area contributed by atoms with E-state index in [1.807, 2.05) is 45.0 Å². The third kappa shape index (κ3) is 2.50. The van der Waals surface area contributed by atoms with Gasteiger partial charge in [-0.25, -0.2) is 4.68 Å². The Balaban J connectivity index is 2.64.